The van der Waals surface area contributed by atoms with Crippen LogP contribution in [0.5, 0.6) is 5.75 Å². The topological polar surface area (TPSA) is 90.1 Å². The Morgan fingerprint density at radius 2 is 2.33 bits per heavy atom. The van der Waals surface area contributed by atoms with Crippen molar-refractivity contribution in [1.29, 1.82) is 0 Å². The van der Waals surface area contributed by atoms with Crippen molar-refractivity contribution in [3.8, 4) is 5.75 Å². The molecule has 0 fully saturated rings. The Labute approximate surface area is 131 Å². The summed E-state index contributed by atoms with van der Waals surface area (Å²) < 4.78 is 10.2. The SMILES string of the molecule is COc1ccc(N)cc1NC(=O)CCSc1nc(C)ns1. The molecule has 0 aliphatic carbocycles. The number of hydrogen-bond acceptors (Lipinski definition) is 7. The van der Waals surface area contributed by atoms with Crippen LogP contribution in [0.3, 0.4) is 0 Å². The molecule has 0 unspecified atom stereocenters. The molecule has 2 rings (SSSR count). The van der Waals surface area contributed by atoms with Gasteiger partial charge in [-0.15, -0.1) is 0 Å². The van der Waals surface area contributed by atoms with Crippen molar-refractivity contribution < 1.29 is 9.53 Å². The van der Waals surface area contributed by atoms with E-state index in [-0.39, 0.29) is 5.91 Å². The van der Waals surface area contributed by atoms with Gasteiger partial charge in [0.05, 0.1) is 12.8 Å². The van der Waals surface area contributed by atoms with Crippen LogP contribution in [0.4, 0.5) is 11.4 Å². The lowest BCUT2D eigenvalue weighted by Crippen LogP contribution is -2.13. The largest absolute Gasteiger partial charge is 0.495 e. The van der Waals surface area contributed by atoms with Crippen molar-refractivity contribution in [2.45, 2.75) is 17.7 Å². The summed E-state index contributed by atoms with van der Waals surface area (Å²) in [6, 6.07) is 5.13. The molecule has 21 heavy (non-hydrogen) atoms. The fourth-order valence-corrected chi connectivity index (χ4v) is 3.26. The second-order valence-corrected chi connectivity index (χ2v) is 6.31. The number of carbonyl (C=O) groups excluding carboxylic acids is 1. The number of methoxy groups -OCH3 is 1. The Bertz CT molecular complexity index is 630. The molecule has 1 aromatic heterocycles. The average molecular weight is 324 g/mol. The first kappa shape index (κ1) is 15.6. The van der Waals surface area contributed by atoms with Crippen molar-refractivity contribution in [3.05, 3.63) is 24.0 Å². The number of nitrogens with two attached hydrogens (primary N) is 1. The lowest BCUT2D eigenvalue weighted by atomic mass is 10.2. The van der Waals surface area contributed by atoms with E-state index in [0.717, 1.165) is 10.2 Å². The van der Waals surface area contributed by atoms with Gasteiger partial charge >= 0.3 is 0 Å². The maximum Gasteiger partial charge on any atom is 0.225 e. The van der Waals surface area contributed by atoms with E-state index >= 15 is 0 Å². The Hall–Kier alpha value is -1.80. The third-order valence-corrected chi connectivity index (χ3v) is 4.49. The highest BCUT2D eigenvalue weighted by Crippen LogP contribution is 2.27. The fourth-order valence-electron chi connectivity index (χ4n) is 1.60. The normalized spacial score (nSPS) is 10.4. The third-order valence-electron chi connectivity index (χ3n) is 2.56. The van der Waals surface area contributed by atoms with Crippen LogP contribution in [-0.4, -0.2) is 28.1 Å². The van der Waals surface area contributed by atoms with Crippen LogP contribution < -0.4 is 15.8 Å². The van der Waals surface area contributed by atoms with Crippen LogP contribution >= 0.6 is 23.3 Å². The minimum atomic E-state index is -0.0902. The van der Waals surface area contributed by atoms with Gasteiger partial charge in [0.2, 0.25) is 5.91 Å². The lowest BCUT2D eigenvalue weighted by Gasteiger charge is -2.10. The highest BCUT2D eigenvalue weighted by Gasteiger charge is 2.09. The van der Waals surface area contributed by atoms with Crippen molar-refractivity contribution >= 4 is 40.6 Å². The number of nitrogens with zero attached hydrogens (tertiary/aromatic N) is 2. The van der Waals surface area contributed by atoms with E-state index in [2.05, 4.69) is 14.7 Å². The summed E-state index contributed by atoms with van der Waals surface area (Å²) >= 11 is 2.87. The van der Waals surface area contributed by atoms with Gasteiger partial charge in [-0.25, -0.2) is 4.98 Å². The van der Waals surface area contributed by atoms with Gasteiger partial charge in [0.1, 0.15) is 11.6 Å². The van der Waals surface area contributed by atoms with E-state index in [1.807, 2.05) is 6.92 Å². The molecule has 0 aliphatic heterocycles. The summed E-state index contributed by atoms with van der Waals surface area (Å²) in [6.07, 6.45) is 0.376. The van der Waals surface area contributed by atoms with E-state index in [9.17, 15) is 4.79 Å². The second kappa shape index (κ2) is 7.28. The number of ether oxygens (including phenoxy) is 1. The zero-order valence-electron chi connectivity index (χ0n) is 11.8. The first-order valence-electron chi connectivity index (χ1n) is 6.25. The molecular weight excluding hydrogens is 308 g/mol. The number of rotatable bonds is 6. The molecule has 0 spiro atoms. The van der Waals surface area contributed by atoms with Crippen LogP contribution in [0, 0.1) is 6.92 Å². The first-order valence-corrected chi connectivity index (χ1v) is 8.01. The standard InChI is InChI=1S/C13H16N4O2S2/c1-8-15-13(21-17-8)20-6-5-12(18)16-10-7-9(14)3-4-11(10)19-2/h3-4,7H,5-6,14H2,1-2H3,(H,16,18). The summed E-state index contributed by atoms with van der Waals surface area (Å²) in [5, 5.41) is 2.80. The lowest BCUT2D eigenvalue weighted by molar-refractivity contribution is -0.115. The van der Waals surface area contributed by atoms with Gasteiger partial charge < -0.3 is 15.8 Å². The predicted molar refractivity (Wildman–Crippen MR) is 86.0 cm³/mol. The number of aryl methyl sites for hydroxylation is 1. The van der Waals surface area contributed by atoms with Gasteiger partial charge in [-0.05, 0) is 36.7 Å². The third kappa shape index (κ3) is 4.61. The van der Waals surface area contributed by atoms with E-state index in [1.54, 1.807) is 25.3 Å². The van der Waals surface area contributed by atoms with E-state index in [4.69, 9.17) is 10.5 Å². The number of anilines is 2. The molecule has 0 saturated heterocycles. The number of aromatic nitrogens is 2. The Balaban J connectivity index is 1.85. The van der Waals surface area contributed by atoms with Crippen molar-refractivity contribution in [2.24, 2.45) is 0 Å². The minimum absolute atomic E-state index is 0.0902. The molecule has 112 valence electrons. The van der Waals surface area contributed by atoms with Gasteiger partial charge in [-0.2, -0.15) is 4.37 Å². The molecule has 0 bridgehead atoms. The van der Waals surface area contributed by atoms with Crippen LogP contribution in [0.25, 0.3) is 0 Å². The molecule has 0 radical (unpaired) electrons. The van der Waals surface area contributed by atoms with Crippen molar-refractivity contribution in [2.75, 3.05) is 23.9 Å². The quantitative estimate of drug-likeness (QED) is 0.627. The van der Waals surface area contributed by atoms with Gasteiger partial charge in [0, 0.05) is 17.9 Å². The van der Waals surface area contributed by atoms with Gasteiger partial charge in [-0.1, -0.05) is 11.8 Å². The number of nitrogen functional groups attached to an aromatic ring is 1. The Morgan fingerprint density at radius 1 is 1.52 bits per heavy atom. The van der Waals surface area contributed by atoms with Crippen LogP contribution in [0.2, 0.25) is 0 Å². The van der Waals surface area contributed by atoms with Gasteiger partial charge in [-0.3, -0.25) is 4.79 Å². The number of nitrogens with one attached hydrogen (secondary N) is 1. The van der Waals surface area contributed by atoms with Crippen molar-refractivity contribution in [1.82, 2.24) is 9.36 Å². The number of hydrogen-bond donors (Lipinski definition) is 2. The summed E-state index contributed by atoms with van der Waals surface area (Å²) in [5.41, 5.74) is 6.87. The fraction of sp³-hybridized carbons (Fsp3) is 0.308. The summed E-state index contributed by atoms with van der Waals surface area (Å²) in [7, 11) is 1.55. The van der Waals surface area contributed by atoms with Crippen LogP contribution in [-0.2, 0) is 4.79 Å². The monoisotopic (exact) mass is 324 g/mol. The zero-order valence-corrected chi connectivity index (χ0v) is 13.4. The molecule has 0 aliphatic rings. The second-order valence-electron chi connectivity index (χ2n) is 4.21. The van der Waals surface area contributed by atoms with E-state index in [0.29, 0.717) is 29.3 Å². The molecular formula is C13H16N4O2S2. The molecule has 0 saturated carbocycles. The highest BCUT2D eigenvalue weighted by molar-refractivity contribution is 8.00. The minimum Gasteiger partial charge on any atom is -0.495 e. The molecule has 8 heteroatoms. The maximum atomic E-state index is 11.9. The molecule has 6 nitrogen and oxygen atoms in total. The van der Waals surface area contributed by atoms with E-state index in [1.165, 1.54) is 23.3 Å². The van der Waals surface area contributed by atoms with Crippen molar-refractivity contribution in [3.63, 3.8) is 0 Å². The zero-order chi connectivity index (χ0) is 15.2. The molecule has 2 aromatic rings. The predicted octanol–water partition coefficient (Wildman–Crippen LogP) is 2.56. The van der Waals surface area contributed by atoms with Crippen LogP contribution in [0.15, 0.2) is 22.5 Å². The first-order chi connectivity index (χ1) is 10.1. The summed E-state index contributed by atoms with van der Waals surface area (Å²) in [6.45, 7) is 1.85. The summed E-state index contributed by atoms with van der Waals surface area (Å²) in [5.74, 6) is 1.90. The number of amides is 1. The molecule has 1 amide bonds. The summed E-state index contributed by atoms with van der Waals surface area (Å²) in [4.78, 5) is 16.2. The molecule has 3 N–H and O–H groups in total. The molecule has 1 aromatic carbocycles. The Kier molecular flexibility index (Phi) is 5.40. The molecule has 0 atom stereocenters. The number of thioether (sulfide) groups is 1. The number of benzene rings is 1. The van der Waals surface area contributed by atoms with E-state index < -0.39 is 0 Å². The van der Waals surface area contributed by atoms with Gasteiger partial charge in [0.15, 0.2) is 4.34 Å². The number of carbonyl (C=O) groups is 1. The Morgan fingerprint density at radius 3 is 3.00 bits per heavy atom. The molecule has 1 heterocycles. The van der Waals surface area contributed by atoms with Gasteiger partial charge in [0.25, 0.3) is 0 Å². The smallest absolute Gasteiger partial charge is 0.225 e. The van der Waals surface area contributed by atoms with Crippen LogP contribution in [0.1, 0.15) is 12.2 Å². The average Bonchev–Trinajstić information content (AvgIpc) is 2.85. The highest BCUT2D eigenvalue weighted by atomic mass is 32.2. The maximum absolute atomic E-state index is 11.9.